The lowest BCUT2D eigenvalue weighted by Gasteiger charge is -2.11. The molecule has 0 aromatic heterocycles. The molecule has 0 aliphatic carbocycles. The molecule has 0 aliphatic heterocycles. The zero-order chi connectivity index (χ0) is 13.0. The van der Waals surface area contributed by atoms with Crippen LogP contribution >= 0.6 is 0 Å². The van der Waals surface area contributed by atoms with Crippen LogP contribution in [0.4, 0.5) is 17.1 Å². The highest BCUT2D eigenvalue weighted by atomic mass is 16.3. The van der Waals surface area contributed by atoms with Crippen molar-refractivity contribution in [2.75, 3.05) is 19.0 Å². The first kappa shape index (κ1) is 12.1. The van der Waals surface area contributed by atoms with Crippen LogP contribution in [0.3, 0.4) is 0 Å². The van der Waals surface area contributed by atoms with E-state index in [0.29, 0.717) is 5.69 Å². The van der Waals surface area contributed by atoms with Crippen molar-refractivity contribution in [3.8, 4) is 5.75 Å². The van der Waals surface area contributed by atoms with Crippen LogP contribution in [0, 0.1) is 0 Å². The van der Waals surface area contributed by atoms with Crippen molar-refractivity contribution in [3.05, 3.63) is 48.5 Å². The standard InChI is InChI=1S/C14H15N3O/c1-17(2)13-8-6-11(7-9-13)15-16-12-4-3-5-14(18)10-12/h3-10,18H,1-2H3. The Bertz CT molecular complexity index is 547. The number of hydrogen-bond donors (Lipinski definition) is 1. The molecular weight excluding hydrogens is 226 g/mol. The molecule has 4 heteroatoms. The van der Waals surface area contributed by atoms with E-state index in [2.05, 4.69) is 10.2 Å². The maximum atomic E-state index is 9.30. The number of nitrogens with zero attached hydrogens (tertiary/aromatic N) is 3. The van der Waals surface area contributed by atoms with Crippen molar-refractivity contribution in [3.63, 3.8) is 0 Å². The normalized spacial score (nSPS) is 10.8. The van der Waals surface area contributed by atoms with Crippen LogP contribution < -0.4 is 4.90 Å². The number of anilines is 1. The van der Waals surface area contributed by atoms with Crippen LogP contribution in [-0.4, -0.2) is 19.2 Å². The molecule has 0 fully saturated rings. The second-order valence-electron chi connectivity index (χ2n) is 4.13. The van der Waals surface area contributed by atoms with Gasteiger partial charge in [0.1, 0.15) is 5.75 Å². The lowest BCUT2D eigenvalue weighted by molar-refractivity contribution is 0.475. The molecule has 0 atom stereocenters. The Morgan fingerprint density at radius 3 is 2.17 bits per heavy atom. The quantitative estimate of drug-likeness (QED) is 0.829. The van der Waals surface area contributed by atoms with E-state index in [9.17, 15) is 5.11 Å². The first-order valence-electron chi connectivity index (χ1n) is 5.63. The van der Waals surface area contributed by atoms with Gasteiger partial charge < -0.3 is 10.0 Å². The average Bonchev–Trinajstić information content (AvgIpc) is 2.37. The number of benzene rings is 2. The van der Waals surface area contributed by atoms with Crippen LogP contribution in [0.25, 0.3) is 0 Å². The summed E-state index contributed by atoms with van der Waals surface area (Å²) in [5.41, 5.74) is 2.53. The summed E-state index contributed by atoms with van der Waals surface area (Å²) in [5.74, 6) is 0.189. The van der Waals surface area contributed by atoms with Gasteiger partial charge in [0.05, 0.1) is 11.4 Å². The third kappa shape index (κ3) is 3.07. The van der Waals surface area contributed by atoms with Gasteiger partial charge in [-0.25, -0.2) is 0 Å². The summed E-state index contributed by atoms with van der Waals surface area (Å²) < 4.78 is 0. The monoisotopic (exact) mass is 241 g/mol. The molecule has 1 N–H and O–H groups in total. The molecular formula is C14H15N3O. The van der Waals surface area contributed by atoms with Crippen molar-refractivity contribution in [2.24, 2.45) is 10.2 Å². The Balaban J connectivity index is 2.14. The average molecular weight is 241 g/mol. The Morgan fingerprint density at radius 2 is 1.56 bits per heavy atom. The first-order chi connectivity index (χ1) is 8.65. The van der Waals surface area contributed by atoms with Gasteiger partial charge in [-0.3, -0.25) is 0 Å². The zero-order valence-corrected chi connectivity index (χ0v) is 10.4. The molecule has 0 amide bonds. The summed E-state index contributed by atoms with van der Waals surface area (Å²) in [6.07, 6.45) is 0. The predicted molar refractivity (Wildman–Crippen MR) is 73.1 cm³/mol. The van der Waals surface area contributed by atoms with E-state index in [-0.39, 0.29) is 5.75 Å². The molecule has 0 aliphatic rings. The van der Waals surface area contributed by atoms with Crippen LogP contribution in [0.15, 0.2) is 58.8 Å². The fourth-order valence-electron chi connectivity index (χ4n) is 1.49. The van der Waals surface area contributed by atoms with Gasteiger partial charge in [-0.15, -0.1) is 0 Å². The summed E-state index contributed by atoms with van der Waals surface area (Å²) in [6, 6.07) is 14.5. The first-order valence-corrected chi connectivity index (χ1v) is 5.63. The van der Waals surface area contributed by atoms with Crippen molar-refractivity contribution >= 4 is 17.1 Å². The number of phenols is 1. The third-order valence-corrected chi connectivity index (χ3v) is 2.48. The van der Waals surface area contributed by atoms with Gasteiger partial charge in [0.25, 0.3) is 0 Å². The van der Waals surface area contributed by atoms with E-state index in [1.807, 2.05) is 43.3 Å². The van der Waals surface area contributed by atoms with Crippen molar-refractivity contribution in [1.82, 2.24) is 0 Å². The number of phenolic OH excluding ortho intramolecular Hbond substituents is 1. The fraction of sp³-hybridized carbons (Fsp3) is 0.143. The van der Waals surface area contributed by atoms with E-state index in [1.54, 1.807) is 24.3 Å². The Labute approximate surface area is 106 Å². The van der Waals surface area contributed by atoms with Crippen LogP contribution in [-0.2, 0) is 0 Å². The van der Waals surface area contributed by atoms with Crippen LogP contribution in [0.2, 0.25) is 0 Å². The lowest BCUT2D eigenvalue weighted by atomic mass is 10.3. The molecule has 2 aromatic carbocycles. The summed E-state index contributed by atoms with van der Waals surface area (Å²) in [4.78, 5) is 2.02. The molecule has 0 unspecified atom stereocenters. The third-order valence-electron chi connectivity index (χ3n) is 2.48. The molecule has 2 aromatic rings. The van der Waals surface area contributed by atoms with Crippen molar-refractivity contribution < 1.29 is 5.11 Å². The number of rotatable bonds is 3. The summed E-state index contributed by atoms with van der Waals surface area (Å²) >= 11 is 0. The molecule has 0 heterocycles. The number of hydrogen-bond acceptors (Lipinski definition) is 4. The van der Waals surface area contributed by atoms with Gasteiger partial charge >= 0.3 is 0 Å². The maximum absolute atomic E-state index is 9.30. The summed E-state index contributed by atoms with van der Waals surface area (Å²) in [6.45, 7) is 0. The Morgan fingerprint density at radius 1 is 0.889 bits per heavy atom. The molecule has 0 spiro atoms. The minimum Gasteiger partial charge on any atom is -0.508 e. The highest BCUT2D eigenvalue weighted by Gasteiger charge is 1.95. The molecule has 0 bridgehead atoms. The molecule has 4 nitrogen and oxygen atoms in total. The molecule has 18 heavy (non-hydrogen) atoms. The molecule has 0 saturated carbocycles. The van der Waals surface area contributed by atoms with Gasteiger partial charge in [-0.2, -0.15) is 10.2 Å². The topological polar surface area (TPSA) is 48.2 Å². The molecule has 2 rings (SSSR count). The van der Waals surface area contributed by atoms with Crippen LogP contribution in [0.5, 0.6) is 5.75 Å². The van der Waals surface area contributed by atoms with E-state index in [0.717, 1.165) is 11.4 Å². The van der Waals surface area contributed by atoms with E-state index in [4.69, 9.17) is 0 Å². The number of aromatic hydroxyl groups is 1. The van der Waals surface area contributed by atoms with E-state index in [1.165, 1.54) is 0 Å². The fourth-order valence-corrected chi connectivity index (χ4v) is 1.49. The van der Waals surface area contributed by atoms with Gasteiger partial charge in [-0.1, -0.05) is 6.07 Å². The Hall–Kier alpha value is -2.36. The smallest absolute Gasteiger partial charge is 0.117 e. The highest BCUT2D eigenvalue weighted by Crippen LogP contribution is 2.23. The van der Waals surface area contributed by atoms with E-state index < -0.39 is 0 Å². The van der Waals surface area contributed by atoms with Gasteiger partial charge in [0.15, 0.2) is 0 Å². The van der Waals surface area contributed by atoms with Crippen LogP contribution in [0.1, 0.15) is 0 Å². The van der Waals surface area contributed by atoms with Crippen molar-refractivity contribution in [1.29, 1.82) is 0 Å². The van der Waals surface area contributed by atoms with E-state index >= 15 is 0 Å². The summed E-state index contributed by atoms with van der Waals surface area (Å²) in [5, 5.41) is 17.5. The zero-order valence-electron chi connectivity index (χ0n) is 10.4. The summed E-state index contributed by atoms with van der Waals surface area (Å²) in [7, 11) is 3.98. The van der Waals surface area contributed by atoms with Crippen molar-refractivity contribution in [2.45, 2.75) is 0 Å². The second-order valence-corrected chi connectivity index (χ2v) is 4.13. The van der Waals surface area contributed by atoms with Gasteiger partial charge in [0, 0.05) is 25.8 Å². The molecule has 0 radical (unpaired) electrons. The lowest BCUT2D eigenvalue weighted by Crippen LogP contribution is -2.07. The van der Waals surface area contributed by atoms with Gasteiger partial charge in [-0.05, 0) is 36.4 Å². The maximum Gasteiger partial charge on any atom is 0.117 e. The Kier molecular flexibility index (Phi) is 3.57. The number of azo groups is 1. The predicted octanol–water partition coefficient (Wildman–Crippen LogP) is 3.87. The minimum atomic E-state index is 0.189. The SMILES string of the molecule is CN(C)c1ccc(N=Nc2cccc(O)c2)cc1. The minimum absolute atomic E-state index is 0.189. The molecule has 92 valence electrons. The largest absolute Gasteiger partial charge is 0.508 e. The van der Waals surface area contributed by atoms with Gasteiger partial charge in [0.2, 0.25) is 0 Å². The molecule has 0 saturated heterocycles. The highest BCUT2D eigenvalue weighted by molar-refractivity contribution is 5.52. The second kappa shape index (κ2) is 5.31.